The first-order chi connectivity index (χ1) is 3.98. The zero-order chi connectivity index (χ0) is 7.49. The fraction of sp³-hybridized carbons (Fsp3) is 1.00. The molecule has 0 saturated heterocycles. The summed E-state index contributed by atoms with van der Waals surface area (Å²) < 4.78 is 34.1. The molecule has 0 aliphatic carbocycles. The number of rotatable bonds is 2. The first-order valence-electron chi connectivity index (χ1n) is 2.43. The molecule has 0 heterocycles. The molecule has 0 rings (SSSR count). The van der Waals surface area contributed by atoms with Crippen molar-refractivity contribution in [1.82, 2.24) is 0 Å². The first-order valence-corrected chi connectivity index (χ1v) is 3.25. The van der Waals surface area contributed by atoms with Crippen LogP contribution in [0.3, 0.4) is 0 Å². The number of halogens is 3. The van der Waals surface area contributed by atoms with E-state index < -0.39 is 12.3 Å². The molecule has 0 radical (unpaired) electrons. The zero-order valence-corrected chi connectivity index (χ0v) is 5.80. The van der Waals surface area contributed by atoms with Crippen LogP contribution in [-0.4, -0.2) is 23.5 Å². The molecule has 0 aliphatic rings. The normalized spacial score (nSPS) is 15.7. The largest absolute Gasteiger partial charge is 0.414 e. The first kappa shape index (κ1) is 9.18. The van der Waals surface area contributed by atoms with Gasteiger partial charge in [-0.05, 0) is 12.6 Å². The van der Waals surface area contributed by atoms with Crippen molar-refractivity contribution >= 4 is 9.24 Å². The van der Waals surface area contributed by atoms with E-state index in [1.165, 1.54) is 0 Å². The smallest absolute Gasteiger partial charge is 0.384 e. The Labute approximate surface area is 53.5 Å². The van der Waals surface area contributed by atoms with Gasteiger partial charge in [-0.3, -0.25) is 0 Å². The van der Waals surface area contributed by atoms with E-state index in [1.54, 1.807) is 0 Å². The Hall–Kier alpha value is 0.180. The third kappa shape index (κ3) is 3.71. The van der Waals surface area contributed by atoms with Crippen LogP contribution < -0.4 is 0 Å². The van der Waals surface area contributed by atoms with Crippen LogP contribution in [-0.2, 0) is 0 Å². The van der Waals surface area contributed by atoms with Crippen molar-refractivity contribution < 1.29 is 18.3 Å². The van der Waals surface area contributed by atoms with Gasteiger partial charge in [0.25, 0.3) is 0 Å². The van der Waals surface area contributed by atoms with E-state index in [4.69, 9.17) is 5.11 Å². The number of alkyl halides is 3. The molecular weight excluding hydrogens is 152 g/mol. The second-order valence-electron chi connectivity index (χ2n) is 1.63. The molecule has 5 heteroatoms. The SMILES string of the molecule is OC(CCP)C(F)(F)F. The number of hydrogen-bond donors (Lipinski definition) is 1. The maximum Gasteiger partial charge on any atom is 0.414 e. The Kier molecular flexibility index (Phi) is 3.44. The third-order valence-electron chi connectivity index (χ3n) is 0.818. The van der Waals surface area contributed by atoms with Gasteiger partial charge in [-0.25, -0.2) is 0 Å². The summed E-state index contributed by atoms with van der Waals surface area (Å²) >= 11 is 0. The fourth-order valence-corrected chi connectivity index (χ4v) is 0.637. The van der Waals surface area contributed by atoms with E-state index in [2.05, 4.69) is 9.24 Å². The second-order valence-corrected chi connectivity index (χ2v) is 2.21. The van der Waals surface area contributed by atoms with Gasteiger partial charge in [0.2, 0.25) is 0 Å². The highest BCUT2D eigenvalue weighted by Gasteiger charge is 2.36. The maximum atomic E-state index is 11.4. The molecule has 0 aromatic rings. The van der Waals surface area contributed by atoms with Crippen LogP contribution in [0.15, 0.2) is 0 Å². The summed E-state index contributed by atoms with van der Waals surface area (Å²) in [6.45, 7) is 0. The summed E-state index contributed by atoms with van der Waals surface area (Å²) in [6, 6.07) is 0. The molecule has 0 amide bonds. The highest BCUT2D eigenvalue weighted by molar-refractivity contribution is 7.16. The predicted molar refractivity (Wildman–Crippen MR) is 31.3 cm³/mol. The molecule has 2 unspecified atom stereocenters. The van der Waals surface area contributed by atoms with Gasteiger partial charge in [-0.2, -0.15) is 13.2 Å². The molecule has 0 aliphatic heterocycles. The van der Waals surface area contributed by atoms with Crippen LogP contribution >= 0.6 is 9.24 Å². The highest BCUT2D eigenvalue weighted by Crippen LogP contribution is 2.22. The lowest BCUT2D eigenvalue weighted by molar-refractivity contribution is -0.203. The van der Waals surface area contributed by atoms with Gasteiger partial charge in [-0.1, -0.05) is 0 Å². The maximum absolute atomic E-state index is 11.4. The van der Waals surface area contributed by atoms with Crippen LogP contribution in [0.2, 0.25) is 0 Å². The quantitative estimate of drug-likeness (QED) is 0.601. The van der Waals surface area contributed by atoms with E-state index >= 15 is 0 Å². The summed E-state index contributed by atoms with van der Waals surface area (Å²) in [5.74, 6) is 0. The second kappa shape index (κ2) is 3.37. The molecule has 1 N–H and O–H groups in total. The summed E-state index contributed by atoms with van der Waals surface area (Å²) in [6.07, 6.45) is -6.58. The Morgan fingerprint density at radius 3 is 2.00 bits per heavy atom. The average molecular weight is 160 g/mol. The summed E-state index contributed by atoms with van der Waals surface area (Å²) in [5, 5.41) is 8.25. The molecule has 9 heavy (non-hydrogen) atoms. The lowest BCUT2D eigenvalue weighted by Crippen LogP contribution is -2.28. The molecular formula is C4H8F3OP. The molecule has 1 nitrogen and oxygen atoms in total. The Morgan fingerprint density at radius 1 is 1.44 bits per heavy atom. The van der Waals surface area contributed by atoms with Crippen molar-refractivity contribution in [3.05, 3.63) is 0 Å². The Bertz CT molecular complexity index is 82.4. The Morgan fingerprint density at radius 2 is 1.89 bits per heavy atom. The van der Waals surface area contributed by atoms with Gasteiger partial charge in [0, 0.05) is 0 Å². The molecule has 0 fully saturated rings. The van der Waals surface area contributed by atoms with E-state index in [9.17, 15) is 13.2 Å². The topological polar surface area (TPSA) is 20.2 Å². The van der Waals surface area contributed by atoms with E-state index in [1.807, 2.05) is 0 Å². The lowest BCUT2D eigenvalue weighted by Gasteiger charge is -2.12. The van der Waals surface area contributed by atoms with Gasteiger partial charge >= 0.3 is 6.18 Å². The zero-order valence-electron chi connectivity index (χ0n) is 4.65. The third-order valence-corrected chi connectivity index (χ3v) is 1.15. The van der Waals surface area contributed by atoms with E-state index in [-0.39, 0.29) is 12.6 Å². The van der Waals surface area contributed by atoms with Crippen molar-refractivity contribution in [1.29, 1.82) is 0 Å². The average Bonchev–Trinajstić information content (AvgIpc) is 1.64. The van der Waals surface area contributed by atoms with Crippen molar-refractivity contribution in [2.24, 2.45) is 0 Å². The molecule has 0 bridgehead atoms. The lowest BCUT2D eigenvalue weighted by atomic mass is 10.3. The minimum absolute atomic E-state index is 0.242. The van der Waals surface area contributed by atoms with Crippen LogP contribution in [0.1, 0.15) is 6.42 Å². The molecule has 0 aromatic carbocycles. The summed E-state index contributed by atoms with van der Waals surface area (Å²) in [7, 11) is 2.12. The van der Waals surface area contributed by atoms with Crippen LogP contribution in [0.4, 0.5) is 13.2 Å². The van der Waals surface area contributed by atoms with Crippen LogP contribution in [0.25, 0.3) is 0 Å². The van der Waals surface area contributed by atoms with Crippen molar-refractivity contribution in [2.75, 3.05) is 6.16 Å². The molecule has 2 atom stereocenters. The van der Waals surface area contributed by atoms with Gasteiger partial charge in [0.1, 0.15) is 6.10 Å². The van der Waals surface area contributed by atoms with Gasteiger partial charge in [0.15, 0.2) is 0 Å². The molecule has 56 valence electrons. The summed E-state index contributed by atoms with van der Waals surface area (Å²) in [5.41, 5.74) is 0. The molecule has 0 saturated carbocycles. The minimum Gasteiger partial charge on any atom is -0.384 e. The van der Waals surface area contributed by atoms with Gasteiger partial charge in [0.05, 0.1) is 0 Å². The van der Waals surface area contributed by atoms with Crippen LogP contribution in [0.5, 0.6) is 0 Å². The predicted octanol–water partition coefficient (Wildman–Crippen LogP) is 1.17. The van der Waals surface area contributed by atoms with Crippen molar-refractivity contribution in [2.45, 2.75) is 18.7 Å². The standard InChI is InChI=1S/C4H8F3OP/c5-4(6,7)3(8)1-2-9/h3,8H,1-2,9H2. The monoisotopic (exact) mass is 160 g/mol. The fourth-order valence-electron chi connectivity index (χ4n) is 0.322. The summed E-state index contributed by atoms with van der Waals surface area (Å²) in [4.78, 5) is 0. The number of hydrogen-bond acceptors (Lipinski definition) is 1. The minimum atomic E-state index is -4.45. The molecule has 0 aromatic heterocycles. The van der Waals surface area contributed by atoms with Crippen molar-refractivity contribution in [3.8, 4) is 0 Å². The van der Waals surface area contributed by atoms with Gasteiger partial charge in [-0.15, -0.1) is 9.24 Å². The van der Waals surface area contributed by atoms with E-state index in [0.717, 1.165) is 0 Å². The number of aliphatic hydroxyl groups is 1. The van der Waals surface area contributed by atoms with Gasteiger partial charge < -0.3 is 5.11 Å². The number of aliphatic hydroxyl groups excluding tert-OH is 1. The Balaban J connectivity index is 3.59. The molecule has 0 spiro atoms. The van der Waals surface area contributed by atoms with Crippen LogP contribution in [0, 0.1) is 0 Å². The highest BCUT2D eigenvalue weighted by atomic mass is 31.0. The van der Waals surface area contributed by atoms with E-state index in [0.29, 0.717) is 0 Å². The van der Waals surface area contributed by atoms with Crippen molar-refractivity contribution in [3.63, 3.8) is 0 Å².